The lowest BCUT2D eigenvalue weighted by atomic mass is 9.93. The first kappa shape index (κ1) is 19.1. The fourth-order valence-corrected chi connectivity index (χ4v) is 4.70. The van der Waals surface area contributed by atoms with Gasteiger partial charge in [-0.25, -0.2) is 13.1 Å². The summed E-state index contributed by atoms with van der Waals surface area (Å²) in [4.78, 5) is 12.4. The predicted molar refractivity (Wildman–Crippen MR) is 103 cm³/mol. The summed E-state index contributed by atoms with van der Waals surface area (Å²) in [6.07, 6.45) is 5.26. The summed E-state index contributed by atoms with van der Waals surface area (Å²) in [5, 5.41) is 6.50. The second-order valence-corrected chi connectivity index (χ2v) is 9.31. The quantitative estimate of drug-likeness (QED) is 0.678. The van der Waals surface area contributed by atoms with Crippen molar-refractivity contribution < 1.29 is 17.7 Å². The Morgan fingerprint density at radius 1 is 1.07 bits per heavy atom. The van der Waals surface area contributed by atoms with Crippen LogP contribution in [-0.4, -0.2) is 31.6 Å². The number of nitrogens with two attached hydrogens (primary N) is 1. The van der Waals surface area contributed by atoms with E-state index in [4.69, 9.17) is 10.3 Å². The summed E-state index contributed by atoms with van der Waals surface area (Å²) in [6, 6.07) is 7.81. The number of carbonyl (C=O) groups is 1. The average Bonchev–Trinajstić information content (AvgIpc) is 3.40. The Morgan fingerprint density at radius 3 is 2.39 bits per heavy atom. The van der Waals surface area contributed by atoms with Gasteiger partial charge >= 0.3 is 0 Å². The maximum atomic E-state index is 12.6. The molecule has 0 atom stereocenters. The molecule has 8 nitrogen and oxygen atoms in total. The van der Waals surface area contributed by atoms with Gasteiger partial charge in [-0.15, -0.1) is 0 Å². The Hall–Kier alpha value is -2.23. The van der Waals surface area contributed by atoms with E-state index in [-0.39, 0.29) is 28.6 Å². The third-order valence-electron chi connectivity index (χ3n) is 5.26. The number of amides is 1. The molecule has 0 spiro atoms. The molecule has 0 unspecified atom stereocenters. The van der Waals surface area contributed by atoms with Gasteiger partial charge in [0.25, 0.3) is 5.91 Å². The van der Waals surface area contributed by atoms with Gasteiger partial charge in [-0.3, -0.25) is 4.79 Å². The van der Waals surface area contributed by atoms with Gasteiger partial charge in [0, 0.05) is 29.8 Å². The molecule has 2 saturated carbocycles. The van der Waals surface area contributed by atoms with Crippen molar-refractivity contribution in [2.45, 2.75) is 61.4 Å². The molecule has 0 aliphatic heterocycles. The molecule has 150 valence electrons. The van der Waals surface area contributed by atoms with E-state index >= 15 is 0 Å². The van der Waals surface area contributed by atoms with Gasteiger partial charge in [0.15, 0.2) is 5.69 Å². The Morgan fingerprint density at radius 2 is 1.75 bits per heavy atom. The summed E-state index contributed by atoms with van der Waals surface area (Å²) in [5.41, 5.74) is 6.57. The van der Waals surface area contributed by atoms with Crippen LogP contribution in [0.3, 0.4) is 0 Å². The summed E-state index contributed by atoms with van der Waals surface area (Å²) >= 11 is 0. The van der Waals surface area contributed by atoms with Gasteiger partial charge in [0.2, 0.25) is 10.0 Å². The van der Waals surface area contributed by atoms with Crippen molar-refractivity contribution in [2.75, 3.05) is 5.32 Å². The standard InChI is InChI=1S/C19H24N4O4S/c20-13-3-5-15(6-4-13)23-28(25,26)16-9-7-14(8-10-16)21-19(24)17-11-18(27-22-17)12-1-2-12/h7-13,15,23H,1-6,20H2,(H,21,24). The van der Waals surface area contributed by atoms with Crippen LogP contribution in [-0.2, 0) is 10.0 Å². The molecule has 4 N–H and O–H groups in total. The van der Waals surface area contributed by atoms with Gasteiger partial charge in [-0.05, 0) is 62.8 Å². The van der Waals surface area contributed by atoms with Gasteiger partial charge in [0.05, 0.1) is 4.90 Å². The van der Waals surface area contributed by atoms with Crippen LogP contribution in [0.1, 0.15) is 60.7 Å². The molecule has 2 aromatic rings. The smallest absolute Gasteiger partial charge is 0.277 e. The number of sulfonamides is 1. The maximum absolute atomic E-state index is 12.6. The highest BCUT2D eigenvalue weighted by molar-refractivity contribution is 7.89. The van der Waals surface area contributed by atoms with Crippen molar-refractivity contribution in [1.82, 2.24) is 9.88 Å². The maximum Gasteiger partial charge on any atom is 0.277 e. The normalized spacial score (nSPS) is 22.8. The largest absolute Gasteiger partial charge is 0.360 e. The van der Waals surface area contributed by atoms with Gasteiger partial charge in [0.1, 0.15) is 5.76 Å². The molecule has 28 heavy (non-hydrogen) atoms. The third-order valence-corrected chi connectivity index (χ3v) is 6.79. The van der Waals surface area contributed by atoms with Crippen LogP contribution < -0.4 is 15.8 Å². The first-order chi connectivity index (χ1) is 13.4. The van der Waals surface area contributed by atoms with E-state index in [0.29, 0.717) is 11.6 Å². The number of hydrogen-bond acceptors (Lipinski definition) is 6. The fraction of sp³-hybridized carbons (Fsp3) is 0.474. The second-order valence-electron chi connectivity index (χ2n) is 7.60. The molecule has 0 radical (unpaired) electrons. The molecule has 1 aromatic heterocycles. The first-order valence-electron chi connectivity index (χ1n) is 9.56. The van der Waals surface area contributed by atoms with Crippen LogP contribution in [0.2, 0.25) is 0 Å². The zero-order chi connectivity index (χ0) is 19.7. The van der Waals surface area contributed by atoms with Crippen molar-refractivity contribution in [1.29, 1.82) is 0 Å². The third kappa shape index (κ3) is 4.43. The lowest BCUT2D eigenvalue weighted by Gasteiger charge is -2.26. The van der Waals surface area contributed by atoms with Crippen LogP contribution in [0, 0.1) is 0 Å². The highest BCUT2D eigenvalue weighted by Gasteiger charge is 2.29. The molecule has 1 amide bonds. The van der Waals surface area contributed by atoms with E-state index in [1.54, 1.807) is 18.2 Å². The van der Waals surface area contributed by atoms with Crippen LogP contribution in [0.25, 0.3) is 0 Å². The van der Waals surface area contributed by atoms with Crippen molar-refractivity contribution >= 4 is 21.6 Å². The van der Waals surface area contributed by atoms with Gasteiger partial charge < -0.3 is 15.6 Å². The van der Waals surface area contributed by atoms with Gasteiger partial charge in [-0.2, -0.15) is 0 Å². The minimum absolute atomic E-state index is 0.0861. The minimum Gasteiger partial charge on any atom is -0.360 e. The van der Waals surface area contributed by atoms with E-state index < -0.39 is 10.0 Å². The monoisotopic (exact) mass is 404 g/mol. The van der Waals surface area contributed by atoms with Crippen LogP contribution in [0.15, 0.2) is 39.8 Å². The average molecular weight is 404 g/mol. The van der Waals surface area contributed by atoms with E-state index in [2.05, 4.69) is 15.2 Å². The predicted octanol–water partition coefficient (Wildman–Crippen LogP) is 2.35. The number of rotatable bonds is 6. The van der Waals surface area contributed by atoms with Gasteiger partial charge in [-0.1, -0.05) is 5.16 Å². The summed E-state index contributed by atoms with van der Waals surface area (Å²) in [5.74, 6) is 0.732. The Bertz CT molecular complexity index is 943. The zero-order valence-electron chi connectivity index (χ0n) is 15.4. The molecule has 9 heteroatoms. The lowest BCUT2D eigenvalue weighted by molar-refractivity contribution is 0.101. The Balaban J connectivity index is 1.37. The number of carbonyl (C=O) groups excluding carboxylic acids is 1. The van der Waals surface area contributed by atoms with Crippen LogP contribution in [0.5, 0.6) is 0 Å². The Kier molecular flexibility index (Phi) is 5.22. The Labute approximate surface area is 163 Å². The number of nitrogens with zero attached hydrogens (tertiary/aromatic N) is 1. The molecule has 0 saturated heterocycles. The number of hydrogen-bond donors (Lipinski definition) is 3. The number of aromatic nitrogens is 1. The van der Waals surface area contributed by atoms with Crippen molar-refractivity contribution in [2.24, 2.45) is 5.73 Å². The minimum atomic E-state index is -3.60. The summed E-state index contributed by atoms with van der Waals surface area (Å²) in [6.45, 7) is 0. The molecule has 2 aliphatic rings. The lowest BCUT2D eigenvalue weighted by Crippen LogP contribution is -2.40. The highest BCUT2D eigenvalue weighted by atomic mass is 32.2. The van der Waals surface area contributed by atoms with E-state index in [1.165, 1.54) is 12.1 Å². The van der Waals surface area contributed by atoms with E-state index in [1.807, 2.05) is 0 Å². The number of anilines is 1. The molecular formula is C19H24N4O4S. The zero-order valence-corrected chi connectivity index (χ0v) is 16.2. The molecule has 0 bridgehead atoms. The molecule has 4 rings (SSSR count). The van der Waals surface area contributed by atoms with Crippen molar-refractivity contribution in [3.05, 3.63) is 41.8 Å². The topological polar surface area (TPSA) is 127 Å². The molecular weight excluding hydrogens is 380 g/mol. The van der Waals surface area contributed by atoms with E-state index in [0.717, 1.165) is 44.3 Å². The van der Waals surface area contributed by atoms with Crippen molar-refractivity contribution in [3.63, 3.8) is 0 Å². The molecule has 1 heterocycles. The fourth-order valence-electron chi connectivity index (χ4n) is 3.39. The van der Waals surface area contributed by atoms with Crippen LogP contribution >= 0.6 is 0 Å². The number of nitrogens with one attached hydrogen (secondary N) is 2. The summed E-state index contributed by atoms with van der Waals surface area (Å²) in [7, 11) is -3.60. The SMILES string of the molecule is NC1CCC(NS(=O)(=O)c2ccc(NC(=O)c3cc(C4CC4)on3)cc2)CC1. The summed E-state index contributed by atoms with van der Waals surface area (Å²) < 4.78 is 33.0. The molecule has 1 aromatic carbocycles. The van der Waals surface area contributed by atoms with Crippen LogP contribution in [0.4, 0.5) is 5.69 Å². The van der Waals surface area contributed by atoms with Crippen molar-refractivity contribution in [3.8, 4) is 0 Å². The molecule has 2 fully saturated rings. The van der Waals surface area contributed by atoms with E-state index in [9.17, 15) is 13.2 Å². The first-order valence-corrected chi connectivity index (χ1v) is 11.0. The number of benzene rings is 1. The highest BCUT2D eigenvalue weighted by Crippen LogP contribution is 2.40. The molecule has 2 aliphatic carbocycles. The second kappa shape index (κ2) is 7.65.